The molecule has 0 radical (unpaired) electrons. The van der Waals surface area contributed by atoms with Crippen molar-refractivity contribution in [2.24, 2.45) is 5.92 Å². The quantitative estimate of drug-likeness (QED) is 0.783. The van der Waals surface area contributed by atoms with Crippen LogP contribution in [0.15, 0.2) is 36.7 Å². The Morgan fingerprint density at radius 2 is 1.79 bits per heavy atom. The molecule has 2 aliphatic heterocycles. The smallest absolute Gasteiger partial charge is 0.356 e. The van der Waals surface area contributed by atoms with E-state index in [1.807, 2.05) is 21.9 Å². The van der Waals surface area contributed by atoms with Crippen LogP contribution in [0.3, 0.4) is 0 Å². The zero-order chi connectivity index (χ0) is 20.4. The van der Waals surface area contributed by atoms with Gasteiger partial charge in [-0.25, -0.2) is 9.97 Å². The Hall–Kier alpha value is -2.64. The Balaban J connectivity index is 1.31. The average Bonchev–Trinajstić information content (AvgIpc) is 2.73. The maximum atomic E-state index is 12.9. The molecule has 1 fully saturated rings. The largest absolute Gasteiger partial charge is 0.433 e. The predicted octanol–water partition coefficient (Wildman–Crippen LogP) is 3.69. The molecule has 0 N–H and O–H groups in total. The number of carbonyl (C=O) groups is 1. The van der Waals surface area contributed by atoms with Crippen molar-refractivity contribution in [1.29, 1.82) is 0 Å². The maximum Gasteiger partial charge on any atom is 0.433 e. The van der Waals surface area contributed by atoms with Gasteiger partial charge in [0.15, 0.2) is 0 Å². The molecule has 8 heteroatoms. The van der Waals surface area contributed by atoms with Gasteiger partial charge in [-0.1, -0.05) is 24.3 Å². The van der Waals surface area contributed by atoms with Crippen LogP contribution >= 0.6 is 0 Å². The Morgan fingerprint density at radius 1 is 1.07 bits per heavy atom. The third-order valence-electron chi connectivity index (χ3n) is 5.83. The van der Waals surface area contributed by atoms with Crippen molar-refractivity contribution in [2.45, 2.75) is 38.4 Å². The Labute approximate surface area is 167 Å². The topological polar surface area (TPSA) is 49.3 Å². The summed E-state index contributed by atoms with van der Waals surface area (Å²) < 4.78 is 38.6. The number of rotatable bonds is 3. The molecular formula is C21H23F3N4O. The van der Waals surface area contributed by atoms with Crippen molar-refractivity contribution in [3.05, 3.63) is 53.5 Å². The molecule has 5 nitrogen and oxygen atoms in total. The van der Waals surface area contributed by atoms with Crippen molar-refractivity contribution in [3.63, 3.8) is 0 Å². The van der Waals surface area contributed by atoms with Crippen LogP contribution in [0, 0.1) is 5.92 Å². The average molecular weight is 404 g/mol. The van der Waals surface area contributed by atoms with Crippen LogP contribution in [0.25, 0.3) is 0 Å². The Bertz CT molecular complexity index is 878. The number of nitrogens with zero attached hydrogens (tertiary/aromatic N) is 4. The summed E-state index contributed by atoms with van der Waals surface area (Å²) in [5.74, 6) is 0.712. The molecule has 154 valence electrons. The normalized spacial score (nSPS) is 17.9. The SMILES string of the molecule is O=C(CC1CCN(c2cc(C(F)(F)F)ncn2)CC1)N1CCc2ccccc2C1. The second kappa shape index (κ2) is 8.00. The van der Waals surface area contributed by atoms with E-state index in [0.29, 0.717) is 31.9 Å². The van der Waals surface area contributed by atoms with Crippen LogP contribution in [0.2, 0.25) is 0 Å². The van der Waals surface area contributed by atoms with Crippen LogP contribution in [-0.2, 0) is 23.9 Å². The molecule has 0 saturated carbocycles. The molecule has 2 aliphatic rings. The summed E-state index contributed by atoms with van der Waals surface area (Å²) in [7, 11) is 0. The summed E-state index contributed by atoms with van der Waals surface area (Å²) in [5.41, 5.74) is 1.60. The summed E-state index contributed by atoms with van der Waals surface area (Å²) in [6.45, 7) is 2.59. The highest BCUT2D eigenvalue weighted by atomic mass is 19.4. The van der Waals surface area contributed by atoms with Gasteiger partial charge < -0.3 is 9.80 Å². The van der Waals surface area contributed by atoms with Gasteiger partial charge in [0.1, 0.15) is 17.8 Å². The zero-order valence-electron chi connectivity index (χ0n) is 16.0. The zero-order valence-corrected chi connectivity index (χ0v) is 16.0. The third kappa shape index (κ3) is 4.52. The minimum absolute atomic E-state index is 0.166. The number of carbonyl (C=O) groups excluding carboxylic acids is 1. The van der Waals surface area contributed by atoms with Gasteiger partial charge in [-0.05, 0) is 36.3 Å². The molecule has 29 heavy (non-hydrogen) atoms. The molecule has 3 heterocycles. The molecule has 1 amide bonds. The van der Waals surface area contributed by atoms with E-state index >= 15 is 0 Å². The first-order valence-corrected chi connectivity index (χ1v) is 9.89. The molecule has 1 aromatic carbocycles. The number of hydrogen-bond donors (Lipinski definition) is 0. The number of piperidine rings is 1. The van der Waals surface area contributed by atoms with Crippen molar-refractivity contribution < 1.29 is 18.0 Å². The first-order chi connectivity index (χ1) is 13.9. The number of alkyl halides is 3. The summed E-state index contributed by atoms with van der Waals surface area (Å²) in [6, 6.07) is 9.21. The predicted molar refractivity (Wildman–Crippen MR) is 102 cm³/mol. The summed E-state index contributed by atoms with van der Waals surface area (Å²) in [5, 5.41) is 0. The van der Waals surface area contributed by atoms with E-state index < -0.39 is 11.9 Å². The fourth-order valence-electron chi connectivity index (χ4n) is 4.13. The van der Waals surface area contributed by atoms with Gasteiger partial charge in [-0.15, -0.1) is 0 Å². The van der Waals surface area contributed by atoms with Crippen molar-refractivity contribution in [3.8, 4) is 0 Å². The van der Waals surface area contributed by atoms with Crippen LogP contribution in [0.1, 0.15) is 36.1 Å². The van der Waals surface area contributed by atoms with E-state index in [2.05, 4.69) is 22.1 Å². The lowest BCUT2D eigenvalue weighted by Gasteiger charge is -2.34. The number of aromatic nitrogens is 2. The number of hydrogen-bond acceptors (Lipinski definition) is 4. The third-order valence-corrected chi connectivity index (χ3v) is 5.83. The minimum atomic E-state index is -4.48. The molecule has 0 bridgehead atoms. The standard InChI is InChI=1S/C21H23F3N4O/c22-21(23,24)18-12-19(26-14-25-18)27-8-5-15(6-9-27)11-20(29)28-10-7-16-3-1-2-4-17(16)13-28/h1-4,12,14-15H,5-11,13H2. The van der Waals surface area contributed by atoms with Crippen LogP contribution in [0.4, 0.5) is 19.0 Å². The summed E-state index contributed by atoms with van der Waals surface area (Å²) >= 11 is 0. The summed E-state index contributed by atoms with van der Waals surface area (Å²) in [6.07, 6.45) is -0.607. The van der Waals surface area contributed by atoms with Gasteiger partial charge in [0.05, 0.1) is 0 Å². The molecule has 2 aromatic rings. The molecular weight excluding hydrogens is 381 g/mol. The van der Waals surface area contributed by atoms with Crippen molar-refractivity contribution >= 4 is 11.7 Å². The number of fused-ring (bicyclic) bond motifs is 1. The lowest BCUT2D eigenvalue weighted by molar-refractivity contribution is -0.141. The monoisotopic (exact) mass is 404 g/mol. The number of anilines is 1. The maximum absolute atomic E-state index is 12.9. The van der Waals surface area contributed by atoms with E-state index in [4.69, 9.17) is 0 Å². The second-order valence-electron chi connectivity index (χ2n) is 7.73. The highest BCUT2D eigenvalue weighted by Crippen LogP contribution is 2.31. The molecule has 4 rings (SSSR count). The van der Waals surface area contributed by atoms with Gasteiger partial charge >= 0.3 is 6.18 Å². The van der Waals surface area contributed by atoms with Gasteiger partial charge in [-0.3, -0.25) is 4.79 Å². The number of amides is 1. The number of halogens is 3. The van der Waals surface area contributed by atoms with E-state index in [1.165, 1.54) is 11.1 Å². The molecule has 1 saturated heterocycles. The first kappa shape index (κ1) is 19.7. The molecule has 0 spiro atoms. The molecule has 1 aromatic heterocycles. The summed E-state index contributed by atoms with van der Waals surface area (Å²) in [4.78, 5) is 23.8. The van der Waals surface area contributed by atoms with E-state index in [-0.39, 0.29) is 11.8 Å². The number of benzene rings is 1. The van der Waals surface area contributed by atoms with E-state index in [9.17, 15) is 18.0 Å². The van der Waals surface area contributed by atoms with Crippen LogP contribution in [-0.4, -0.2) is 40.4 Å². The second-order valence-corrected chi connectivity index (χ2v) is 7.73. The van der Waals surface area contributed by atoms with Gasteiger partial charge in [-0.2, -0.15) is 13.2 Å². The van der Waals surface area contributed by atoms with Crippen molar-refractivity contribution in [1.82, 2.24) is 14.9 Å². The van der Waals surface area contributed by atoms with Crippen molar-refractivity contribution in [2.75, 3.05) is 24.5 Å². The lowest BCUT2D eigenvalue weighted by atomic mass is 9.92. The molecule has 0 atom stereocenters. The van der Waals surface area contributed by atoms with E-state index in [0.717, 1.165) is 38.2 Å². The van der Waals surface area contributed by atoms with Gasteiger partial charge in [0.2, 0.25) is 5.91 Å². The molecule has 0 unspecified atom stereocenters. The minimum Gasteiger partial charge on any atom is -0.356 e. The molecule has 0 aliphatic carbocycles. The highest BCUT2D eigenvalue weighted by Gasteiger charge is 2.34. The Kier molecular flexibility index (Phi) is 5.43. The van der Waals surface area contributed by atoms with Crippen LogP contribution in [0.5, 0.6) is 0 Å². The lowest BCUT2D eigenvalue weighted by Crippen LogP contribution is -2.39. The van der Waals surface area contributed by atoms with Gasteiger partial charge in [0.25, 0.3) is 0 Å². The fourth-order valence-corrected chi connectivity index (χ4v) is 4.13. The first-order valence-electron chi connectivity index (χ1n) is 9.89. The Morgan fingerprint density at radius 3 is 2.52 bits per heavy atom. The fraction of sp³-hybridized carbons (Fsp3) is 0.476. The van der Waals surface area contributed by atoms with E-state index in [1.54, 1.807) is 0 Å². The highest BCUT2D eigenvalue weighted by molar-refractivity contribution is 5.76. The van der Waals surface area contributed by atoms with Gasteiger partial charge in [0, 0.05) is 38.7 Å². The van der Waals surface area contributed by atoms with Crippen LogP contribution < -0.4 is 4.90 Å².